The highest BCUT2D eigenvalue weighted by atomic mass is 16.5. The van der Waals surface area contributed by atoms with E-state index < -0.39 is 28.6 Å². The topological polar surface area (TPSA) is 119 Å². The number of hydrogen-bond acceptors (Lipinski definition) is 7. The summed E-state index contributed by atoms with van der Waals surface area (Å²) in [5.41, 5.74) is -0.197. The fraction of sp³-hybridized carbons (Fsp3) is 0.174. The molecule has 0 bridgehead atoms. The van der Waals surface area contributed by atoms with E-state index >= 15 is 0 Å². The van der Waals surface area contributed by atoms with Crippen molar-refractivity contribution in [3.63, 3.8) is 0 Å². The highest BCUT2D eigenvalue weighted by molar-refractivity contribution is 5.82. The zero-order valence-corrected chi connectivity index (χ0v) is 16.8. The van der Waals surface area contributed by atoms with E-state index in [0.717, 1.165) is 0 Å². The summed E-state index contributed by atoms with van der Waals surface area (Å²) < 4.78 is 15.8. The summed E-state index contributed by atoms with van der Waals surface area (Å²) in [5.74, 6) is -1.94. The average molecular weight is 421 g/mol. The third-order valence-electron chi connectivity index (χ3n) is 5.17. The molecule has 0 radical (unpaired) electrons. The van der Waals surface area contributed by atoms with Crippen LogP contribution >= 0.6 is 0 Å². The SMILES string of the molecule is COC(=O)CC(c1oc2ccccc2c(=O)c1O)c1cc2cc(OC)ccc2[nH]c1=O. The Kier molecular flexibility index (Phi) is 5.21. The molecule has 0 amide bonds. The molecular weight excluding hydrogens is 402 g/mol. The lowest BCUT2D eigenvalue weighted by Crippen LogP contribution is -2.21. The summed E-state index contributed by atoms with van der Waals surface area (Å²) in [7, 11) is 2.74. The van der Waals surface area contributed by atoms with Crippen molar-refractivity contribution < 1.29 is 23.8 Å². The third kappa shape index (κ3) is 3.63. The summed E-state index contributed by atoms with van der Waals surface area (Å²) in [6.07, 6.45) is -0.316. The molecule has 2 N–H and O–H groups in total. The molecule has 2 aromatic heterocycles. The Labute approximate surface area is 175 Å². The van der Waals surface area contributed by atoms with Crippen LogP contribution in [0.25, 0.3) is 21.9 Å². The van der Waals surface area contributed by atoms with Gasteiger partial charge in [-0.05, 0) is 36.4 Å². The number of ether oxygens (including phenoxy) is 2. The van der Waals surface area contributed by atoms with E-state index in [1.165, 1.54) is 20.3 Å². The molecule has 0 fully saturated rings. The van der Waals surface area contributed by atoms with Crippen molar-refractivity contribution in [2.45, 2.75) is 12.3 Å². The molecule has 1 unspecified atom stereocenters. The Bertz CT molecular complexity index is 1420. The van der Waals surface area contributed by atoms with Gasteiger partial charge in [0, 0.05) is 16.5 Å². The van der Waals surface area contributed by atoms with Crippen molar-refractivity contribution in [1.82, 2.24) is 4.98 Å². The predicted octanol–water partition coefficient (Wildman–Crippen LogP) is 3.04. The number of hydrogen-bond donors (Lipinski definition) is 2. The van der Waals surface area contributed by atoms with Crippen LogP contribution in [0.2, 0.25) is 0 Å². The van der Waals surface area contributed by atoms with Crippen LogP contribution in [0, 0.1) is 0 Å². The summed E-state index contributed by atoms with van der Waals surface area (Å²) in [5, 5.41) is 11.4. The minimum absolute atomic E-state index is 0.139. The summed E-state index contributed by atoms with van der Waals surface area (Å²) >= 11 is 0. The van der Waals surface area contributed by atoms with Crippen molar-refractivity contribution >= 4 is 27.8 Å². The van der Waals surface area contributed by atoms with Crippen LogP contribution < -0.4 is 15.7 Å². The van der Waals surface area contributed by atoms with Gasteiger partial charge >= 0.3 is 5.97 Å². The number of carbonyl (C=O) groups is 1. The van der Waals surface area contributed by atoms with E-state index in [9.17, 15) is 19.5 Å². The molecule has 0 aliphatic rings. The van der Waals surface area contributed by atoms with Crippen molar-refractivity contribution in [1.29, 1.82) is 0 Å². The van der Waals surface area contributed by atoms with Gasteiger partial charge in [-0.25, -0.2) is 0 Å². The molecule has 8 heteroatoms. The van der Waals surface area contributed by atoms with Gasteiger partial charge in [0.1, 0.15) is 11.3 Å². The molecule has 4 rings (SSSR count). The molecule has 0 spiro atoms. The number of para-hydroxylation sites is 1. The largest absolute Gasteiger partial charge is 0.502 e. The second-order valence-corrected chi connectivity index (χ2v) is 6.98. The monoisotopic (exact) mass is 421 g/mol. The quantitative estimate of drug-likeness (QED) is 0.475. The number of benzene rings is 2. The Hall–Kier alpha value is -4.07. The zero-order chi connectivity index (χ0) is 22.1. The Balaban J connectivity index is 1.98. The molecule has 0 aliphatic heterocycles. The van der Waals surface area contributed by atoms with E-state index in [1.54, 1.807) is 42.5 Å². The molecular formula is C23H19NO7. The standard InChI is InChI=1S/C23H19NO7/c1-29-13-7-8-17-12(9-13)10-16(23(28)24-17)15(11-19(25)30-2)22-21(27)20(26)14-5-3-4-6-18(14)31-22/h3-10,15,27H,11H2,1-2H3,(H,24,28). The van der Waals surface area contributed by atoms with Gasteiger partial charge in [-0.15, -0.1) is 0 Å². The van der Waals surface area contributed by atoms with Crippen molar-refractivity contribution in [3.8, 4) is 11.5 Å². The van der Waals surface area contributed by atoms with Crippen molar-refractivity contribution in [2.75, 3.05) is 14.2 Å². The summed E-state index contributed by atoms with van der Waals surface area (Å²) in [6, 6.07) is 13.1. The van der Waals surface area contributed by atoms with Gasteiger partial charge in [0.05, 0.1) is 31.9 Å². The van der Waals surface area contributed by atoms with Crippen LogP contribution in [0.5, 0.6) is 11.5 Å². The fourth-order valence-electron chi connectivity index (χ4n) is 3.57. The number of fused-ring (bicyclic) bond motifs is 2. The number of esters is 1. The van der Waals surface area contributed by atoms with E-state index in [0.29, 0.717) is 16.7 Å². The second-order valence-electron chi connectivity index (χ2n) is 6.98. The number of pyridine rings is 1. The molecule has 4 aromatic rings. The lowest BCUT2D eigenvalue weighted by Gasteiger charge is -2.17. The number of H-pyrrole nitrogens is 1. The molecule has 2 aromatic carbocycles. The second kappa shape index (κ2) is 7.98. The van der Waals surface area contributed by atoms with Crippen LogP contribution in [-0.2, 0) is 9.53 Å². The van der Waals surface area contributed by atoms with Gasteiger partial charge < -0.3 is 24.0 Å². The number of aromatic amines is 1. The highest BCUT2D eigenvalue weighted by Crippen LogP contribution is 2.34. The first-order valence-electron chi connectivity index (χ1n) is 9.45. The van der Waals surface area contributed by atoms with Gasteiger partial charge in [0.2, 0.25) is 11.2 Å². The predicted molar refractivity (Wildman–Crippen MR) is 114 cm³/mol. The zero-order valence-electron chi connectivity index (χ0n) is 16.8. The minimum atomic E-state index is -1.05. The molecule has 1 atom stereocenters. The van der Waals surface area contributed by atoms with Crippen molar-refractivity contribution in [3.05, 3.63) is 80.4 Å². The molecule has 158 valence electrons. The smallest absolute Gasteiger partial charge is 0.306 e. The van der Waals surface area contributed by atoms with Gasteiger partial charge in [-0.1, -0.05) is 12.1 Å². The summed E-state index contributed by atoms with van der Waals surface area (Å²) in [6.45, 7) is 0. The number of aromatic nitrogens is 1. The number of rotatable bonds is 5. The summed E-state index contributed by atoms with van der Waals surface area (Å²) in [4.78, 5) is 40.5. The number of aromatic hydroxyl groups is 1. The van der Waals surface area contributed by atoms with Crippen LogP contribution in [-0.4, -0.2) is 30.3 Å². The van der Waals surface area contributed by atoms with E-state index in [1.807, 2.05) is 0 Å². The number of methoxy groups -OCH3 is 2. The maximum atomic E-state index is 12.9. The first kappa shape index (κ1) is 20.2. The van der Waals surface area contributed by atoms with Crippen LogP contribution in [0.3, 0.4) is 0 Å². The van der Waals surface area contributed by atoms with Gasteiger partial charge in [-0.2, -0.15) is 0 Å². The fourth-order valence-corrected chi connectivity index (χ4v) is 3.57. The minimum Gasteiger partial charge on any atom is -0.502 e. The number of nitrogens with one attached hydrogen (secondary N) is 1. The van der Waals surface area contributed by atoms with Gasteiger partial charge in [-0.3, -0.25) is 14.4 Å². The van der Waals surface area contributed by atoms with Crippen molar-refractivity contribution in [2.24, 2.45) is 0 Å². The third-order valence-corrected chi connectivity index (χ3v) is 5.17. The Morgan fingerprint density at radius 3 is 2.65 bits per heavy atom. The number of carbonyl (C=O) groups excluding carboxylic acids is 1. The lowest BCUT2D eigenvalue weighted by atomic mass is 9.92. The molecule has 31 heavy (non-hydrogen) atoms. The van der Waals surface area contributed by atoms with E-state index in [-0.39, 0.29) is 28.7 Å². The first-order chi connectivity index (χ1) is 14.9. The maximum absolute atomic E-state index is 12.9. The Morgan fingerprint density at radius 1 is 1.13 bits per heavy atom. The highest BCUT2D eigenvalue weighted by Gasteiger charge is 2.29. The molecule has 8 nitrogen and oxygen atoms in total. The molecule has 0 saturated carbocycles. The maximum Gasteiger partial charge on any atom is 0.306 e. The first-order valence-corrected chi connectivity index (χ1v) is 9.45. The Morgan fingerprint density at radius 2 is 1.90 bits per heavy atom. The molecule has 0 saturated heterocycles. The van der Waals surface area contributed by atoms with Crippen LogP contribution in [0.15, 0.2) is 62.5 Å². The molecule has 2 heterocycles. The van der Waals surface area contributed by atoms with E-state index in [4.69, 9.17) is 13.9 Å². The molecule has 0 aliphatic carbocycles. The van der Waals surface area contributed by atoms with Crippen LogP contribution in [0.4, 0.5) is 0 Å². The van der Waals surface area contributed by atoms with Gasteiger partial charge in [0.15, 0.2) is 5.76 Å². The normalized spacial score (nSPS) is 12.1. The lowest BCUT2D eigenvalue weighted by molar-refractivity contribution is -0.140. The van der Waals surface area contributed by atoms with Crippen LogP contribution in [0.1, 0.15) is 23.7 Å². The average Bonchev–Trinajstić information content (AvgIpc) is 2.79. The van der Waals surface area contributed by atoms with Gasteiger partial charge in [0.25, 0.3) is 5.56 Å². The van der Waals surface area contributed by atoms with E-state index in [2.05, 4.69) is 4.98 Å².